The smallest absolute Gasteiger partial charge is 0 e. The Balaban J connectivity index is -0.00000000500. The van der Waals surface area contributed by atoms with E-state index in [4.69, 9.17) is 0 Å². The van der Waals surface area contributed by atoms with Crippen LogP contribution >= 0.6 is 17.9 Å². The molecule has 2 atom stereocenters. The third kappa shape index (κ3) is 27.6. The maximum atomic E-state index is 3.25. The molecule has 34 valence electrons. The van der Waals surface area contributed by atoms with Crippen molar-refractivity contribution in [2.75, 3.05) is 0 Å². The molecule has 0 saturated heterocycles. The van der Waals surface area contributed by atoms with Crippen LogP contribution in [0.1, 0.15) is 6.92 Å². The first-order valence-electron chi connectivity index (χ1n) is 1.04. The molecule has 0 aliphatic carbocycles. The molecule has 0 rings (SSSR count). The van der Waals surface area contributed by atoms with Gasteiger partial charge in [-0.05, 0) is 0 Å². The van der Waals surface area contributed by atoms with E-state index in [1.54, 1.807) is 6.92 Å². The molecular formula is C2H9P2Y2-. The van der Waals surface area contributed by atoms with Gasteiger partial charge in [-0.15, -0.1) is 17.9 Å². The van der Waals surface area contributed by atoms with Crippen molar-refractivity contribution in [2.24, 2.45) is 0 Å². The van der Waals surface area contributed by atoms with E-state index in [2.05, 4.69) is 24.8 Å². The first-order chi connectivity index (χ1) is 2.00. The van der Waals surface area contributed by atoms with Gasteiger partial charge in [-0.2, -0.15) is 6.92 Å². The van der Waals surface area contributed by atoms with Crippen molar-refractivity contribution in [1.29, 1.82) is 0 Å². The predicted octanol–water partition coefficient (Wildman–Crippen LogP) is 1.49. The van der Waals surface area contributed by atoms with Gasteiger partial charge in [0.1, 0.15) is 0 Å². The third-order valence-corrected chi connectivity index (χ3v) is 0. The van der Waals surface area contributed by atoms with E-state index in [1.807, 2.05) is 0 Å². The Bertz CT molecular complexity index is 9.51. The van der Waals surface area contributed by atoms with Crippen LogP contribution in [0.15, 0.2) is 0 Å². The molecule has 0 heterocycles. The van der Waals surface area contributed by atoms with E-state index < -0.39 is 0 Å². The van der Waals surface area contributed by atoms with Gasteiger partial charge in [-0.25, -0.2) is 0 Å². The van der Waals surface area contributed by atoms with E-state index in [0.29, 0.717) is 0 Å². The van der Waals surface area contributed by atoms with Crippen LogP contribution in [0.5, 0.6) is 0 Å². The zero-order valence-corrected chi connectivity index (χ0v) is 12.0. The van der Waals surface area contributed by atoms with E-state index in [-0.39, 0.29) is 65.4 Å². The normalized spacial score (nSPS) is 2.00. The fourth-order valence-corrected chi connectivity index (χ4v) is 0. The van der Waals surface area contributed by atoms with E-state index in [1.165, 1.54) is 0 Å². The molecule has 0 aromatic rings. The maximum absolute atomic E-state index is 3.25. The summed E-state index contributed by atoms with van der Waals surface area (Å²) in [5.74, 6) is 0. The summed E-state index contributed by atoms with van der Waals surface area (Å²) in [5, 5.41) is 0. The maximum Gasteiger partial charge on any atom is 0 e. The monoisotopic (exact) mass is 273 g/mol. The van der Waals surface area contributed by atoms with E-state index in [0.717, 1.165) is 0 Å². The van der Waals surface area contributed by atoms with Gasteiger partial charge in [0.05, 0.1) is 0 Å². The molecular weight excluding hydrogens is 264 g/mol. The molecule has 0 spiro atoms. The van der Waals surface area contributed by atoms with Crippen molar-refractivity contribution < 1.29 is 65.4 Å². The Morgan fingerprint density at radius 3 is 1.00 bits per heavy atom. The van der Waals surface area contributed by atoms with Gasteiger partial charge in [-0.1, -0.05) is 0 Å². The fraction of sp³-hybridized carbons (Fsp3) is 0.500. The summed E-state index contributed by atoms with van der Waals surface area (Å²) in [6.45, 7) is 5.00. The second-order valence-electron chi connectivity index (χ2n) is 0. The molecule has 0 nitrogen and oxygen atoms in total. The Morgan fingerprint density at radius 2 is 1.00 bits per heavy atom. The van der Waals surface area contributed by atoms with Crippen molar-refractivity contribution in [3.63, 3.8) is 0 Å². The van der Waals surface area contributed by atoms with Crippen LogP contribution in [0, 0.1) is 6.92 Å². The zero-order valence-electron chi connectivity index (χ0n) is 4.02. The molecule has 6 heavy (non-hydrogen) atoms. The number of rotatable bonds is 0. The molecule has 0 N–H and O–H groups in total. The minimum absolute atomic E-state index is 0. The van der Waals surface area contributed by atoms with Gasteiger partial charge in [0, 0.05) is 65.4 Å². The second kappa shape index (κ2) is 42.8. The van der Waals surface area contributed by atoms with Crippen molar-refractivity contribution in [1.82, 2.24) is 0 Å². The molecule has 0 aromatic heterocycles. The van der Waals surface area contributed by atoms with Crippen molar-refractivity contribution in [3.05, 3.63) is 6.92 Å². The molecule has 0 aromatic carbocycles. The first kappa shape index (κ1) is 23.0. The average Bonchev–Trinajstić information content (AvgIpc) is 1.50. The van der Waals surface area contributed by atoms with Crippen LogP contribution in [0.2, 0.25) is 0 Å². The first-order valence-corrected chi connectivity index (χ1v) is 3.71. The van der Waals surface area contributed by atoms with Crippen molar-refractivity contribution in [3.8, 4) is 0 Å². The molecule has 0 aliphatic heterocycles. The van der Waals surface area contributed by atoms with Gasteiger partial charge in [0.25, 0.3) is 0 Å². The molecule has 2 radical (unpaired) electrons. The molecule has 0 fully saturated rings. The Kier molecular flexibility index (Phi) is 164. The van der Waals surface area contributed by atoms with Crippen LogP contribution < -0.4 is 0 Å². The molecule has 0 bridgehead atoms. The molecule has 0 aliphatic rings. The van der Waals surface area contributed by atoms with Gasteiger partial charge in [-0.3, -0.25) is 0 Å². The average molecular weight is 273 g/mol. The number of hydrogen-bond donors (Lipinski definition) is 0. The summed E-state index contributed by atoms with van der Waals surface area (Å²) in [6, 6.07) is 0. The van der Waals surface area contributed by atoms with Crippen LogP contribution in [-0.2, 0) is 65.4 Å². The minimum atomic E-state index is 0. The molecule has 4 heteroatoms. The standard InChI is InChI=1S/C2H5.H4P2.2Y/c2*1-2;;/h1H2,2H3;1-2H2;;/q-1;;;. The summed E-state index contributed by atoms with van der Waals surface area (Å²) < 4.78 is 0. The van der Waals surface area contributed by atoms with E-state index in [9.17, 15) is 0 Å². The number of hydrogen-bond acceptors (Lipinski definition) is 0. The van der Waals surface area contributed by atoms with Crippen LogP contribution in [0.25, 0.3) is 0 Å². The topological polar surface area (TPSA) is 0 Å². The van der Waals surface area contributed by atoms with Crippen molar-refractivity contribution in [2.45, 2.75) is 6.92 Å². The molecule has 2 unspecified atom stereocenters. The van der Waals surface area contributed by atoms with Crippen molar-refractivity contribution >= 4 is 17.9 Å². The summed E-state index contributed by atoms with van der Waals surface area (Å²) >= 11 is 0. The summed E-state index contributed by atoms with van der Waals surface area (Å²) in [6.07, 6.45) is 0. The fourth-order valence-electron chi connectivity index (χ4n) is 0. The summed E-state index contributed by atoms with van der Waals surface area (Å²) in [4.78, 5) is 0. The third-order valence-electron chi connectivity index (χ3n) is 0. The van der Waals surface area contributed by atoms with Gasteiger partial charge in [0.15, 0.2) is 0 Å². The summed E-state index contributed by atoms with van der Waals surface area (Å²) in [7, 11) is 4.67. The van der Waals surface area contributed by atoms with Crippen LogP contribution in [-0.4, -0.2) is 0 Å². The summed E-state index contributed by atoms with van der Waals surface area (Å²) in [5.41, 5.74) is 0. The SMILES string of the molecule is PP.[CH2-]C.[Y].[Y]. The van der Waals surface area contributed by atoms with Gasteiger partial charge in [0.2, 0.25) is 0 Å². The van der Waals surface area contributed by atoms with Crippen LogP contribution in [0.3, 0.4) is 0 Å². The molecule has 0 saturated carbocycles. The minimum Gasteiger partial charge on any atom is -0.346 e. The molecule has 0 amide bonds. The second-order valence-corrected chi connectivity index (χ2v) is 0. The quantitative estimate of drug-likeness (QED) is 0.463. The van der Waals surface area contributed by atoms with E-state index >= 15 is 0 Å². The van der Waals surface area contributed by atoms with Gasteiger partial charge < -0.3 is 6.92 Å². The van der Waals surface area contributed by atoms with Crippen LogP contribution in [0.4, 0.5) is 0 Å². The van der Waals surface area contributed by atoms with Gasteiger partial charge >= 0.3 is 0 Å². The predicted molar refractivity (Wildman–Crippen MR) is 30.5 cm³/mol. The Labute approximate surface area is 95.4 Å². The largest absolute Gasteiger partial charge is 0.346 e. The Morgan fingerprint density at radius 1 is 1.00 bits per heavy atom. The zero-order chi connectivity index (χ0) is 4.00. The Hall–Kier alpha value is 3.07.